The molecule has 1 unspecified atom stereocenters. The number of primary amides is 1. The largest absolute Gasteiger partial charge is 0.368 e. The molecule has 0 radical (unpaired) electrons. The molecule has 0 saturated carbocycles. The summed E-state index contributed by atoms with van der Waals surface area (Å²) in [6, 6.07) is 8.54. The van der Waals surface area contributed by atoms with Crippen LogP contribution < -0.4 is 11.1 Å². The third-order valence-corrected chi connectivity index (χ3v) is 2.73. The van der Waals surface area contributed by atoms with Crippen LogP contribution in [-0.4, -0.2) is 27.8 Å². The van der Waals surface area contributed by atoms with Crippen LogP contribution in [0.3, 0.4) is 0 Å². The fraction of sp³-hybridized carbons (Fsp3) is 0.143. The van der Waals surface area contributed by atoms with E-state index in [0.717, 1.165) is 5.56 Å². The van der Waals surface area contributed by atoms with Crippen LogP contribution in [0.2, 0.25) is 0 Å². The molecule has 0 fully saturated rings. The molecule has 20 heavy (non-hydrogen) atoms. The normalized spacial score (nSPS) is 11.6. The zero-order valence-electron chi connectivity index (χ0n) is 10.7. The molecule has 0 spiro atoms. The fourth-order valence-corrected chi connectivity index (χ4v) is 1.72. The van der Waals surface area contributed by atoms with Gasteiger partial charge in [-0.2, -0.15) is 0 Å². The van der Waals surface area contributed by atoms with Crippen LogP contribution in [0.1, 0.15) is 16.1 Å². The van der Waals surface area contributed by atoms with Gasteiger partial charge in [0.2, 0.25) is 5.91 Å². The maximum atomic E-state index is 11.9. The second-order valence-electron chi connectivity index (χ2n) is 4.21. The number of amides is 2. The predicted octanol–water partition coefficient (Wildman–Crippen LogP) is 0.303. The molecular weight excluding hydrogens is 256 g/mol. The first-order chi connectivity index (χ1) is 9.66. The monoisotopic (exact) mass is 270 g/mol. The van der Waals surface area contributed by atoms with E-state index in [1.165, 1.54) is 18.6 Å². The van der Waals surface area contributed by atoms with Gasteiger partial charge in [0.15, 0.2) is 0 Å². The minimum atomic E-state index is -0.785. The number of rotatable bonds is 5. The number of hydrogen-bond acceptors (Lipinski definition) is 4. The van der Waals surface area contributed by atoms with Gasteiger partial charge in [0.25, 0.3) is 5.91 Å². The summed E-state index contributed by atoms with van der Waals surface area (Å²) >= 11 is 0. The van der Waals surface area contributed by atoms with E-state index < -0.39 is 17.9 Å². The van der Waals surface area contributed by atoms with Crippen LogP contribution in [0, 0.1) is 0 Å². The number of nitrogens with zero attached hydrogens (tertiary/aromatic N) is 2. The van der Waals surface area contributed by atoms with E-state index in [-0.39, 0.29) is 5.69 Å². The maximum Gasteiger partial charge on any atom is 0.272 e. The molecule has 6 nitrogen and oxygen atoms in total. The van der Waals surface area contributed by atoms with Gasteiger partial charge < -0.3 is 11.1 Å². The van der Waals surface area contributed by atoms with E-state index >= 15 is 0 Å². The average molecular weight is 270 g/mol. The lowest BCUT2D eigenvalue weighted by atomic mass is 10.1. The van der Waals surface area contributed by atoms with Crippen LogP contribution in [0.25, 0.3) is 0 Å². The standard InChI is InChI=1S/C14H14N4O2/c15-13(19)11(8-10-4-2-1-3-5-10)18-14(20)12-9-16-6-7-17-12/h1-7,9,11H,8H2,(H2,15,19)(H,18,20). The molecule has 1 atom stereocenters. The highest BCUT2D eigenvalue weighted by atomic mass is 16.2. The molecule has 6 heteroatoms. The fourth-order valence-electron chi connectivity index (χ4n) is 1.72. The third-order valence-electron chi connectivity index (χ3n) is 2.73. The van der Waals surface area contributed by atoms with Gasteiger partial charge in [0.1, 0.15) is 11.7 Å². The lowest BCUT2D eigenvalue weighted by Gasteiger charge is -2.15. The number of carbonyl (C=O) groups is 2. The Bertz CT molecular complexity index is 587. The highest BCUT2D eigenvalue weighted by molar-refractivity contribution is 5.95. The average Bonchev–Trinajstić information content (AvgIpc) is 2.48. The van der Waals surface area contributed by atoms with Crippen molar-refractivity contribution in [3.8, 4) is 0 Å². The number of benzene rings is 1. The molecule has 0 aliphatic heterocycles. The third kappa shape index (κ3) is 3.61. The Hall–Kier alpha value is -2.76. The molecule has 0 aliphatic carbocycles. The Kier molecular flexibility index (Phi) is 4.39. The predicted molar refractivity (Wildman–Crippen MR) is 72.6 cm³/mol. The van der Waals surface area contributed by atoms with Gasteiger partial charge >= 0.3 is 0 Å². The second-order valence-corrected chi connectivity index (χ2v) is 4.21. The first-order valence-electron chi connectivity index (χ1n) is 6.07. The van der Waals surface area contributed by atoms with E-state index in [1.807, 2.05) is 30.3 Å². The Morgan fingerprint density at radius 3 is 2.55 bits per heavy atom. The van der Waals surface area contributed by atoms with Crippen molar-refractivity contribution in [1.82, 2.24) is 15.3 Å². The smallest absolute Gasteiger partial charge is 0.272 e. The van der Waals surface area contributed by atoms with Gasteiger partial charge in [-0.05, 0) is 5.56 Å². The molecule has 3 N–H and O–H groups in total. The van der Waals surface area contributed by atoms with Crippen LogP contribution in [-0.2, 0) is 11.2 Å². The van der Waals surface area contributed by atoms with Crippen molar-refractivity contribution >= 4 is 11.8 Å². The van der Waals surface area contributed by atoms with Crippen molar-refractivity contribution in [3.63, 3.8) is 0 Å². The van der Waals surface area contributed by atoms with E-state index in [2.05, 4.69) is 15.3 Å². The highest BCUT2D eigenvalue weighted by Gasteiger charge is 2.20. The molecule has 1 aromatic carbocycles. The van der Waals surface area contributed by atoms with Crippen molar-refractivity contribution < 1.29 is 9.59 Å². The number of nitrogens with one attached hydrogen (secondary N) is 1. The van der Waals surface area contributed by atoms with Crippen LogP contribution in [0.5, 0.6) is 0 Å². The molecule has 1 aromatic heterocycles. The van der Waals surface area contributed by atoms with Crippen molar-refractivity contribution in [1.29, 1.82) is 0 Å². The number of carbonyl (C=O) groups excluding carboxylic acids is 2. The van der Waals surface area contributed by atoms with Crippen LogP contribution in [0.4, 0.5) is 0 Å². The molecule has 2 rings (SSSR count). The molecule has 0 bridgehead atoms. The summed E-state index contributed by atoms with van der Waals surface area (Å²) in [6.45, 7) is 0. The van der Waals surface area contributed by atoms with Gasteiger partial charge in [-0.25, -0.2) is 4.98 Å². The van der Waals surface area contributed by atoms with Crippen molar-refractivity contribution in [3.05, 3.63) is 60.2 Å². The van der Waals surface area contributed by atoms with E-state index in [1.54, 1.807) is 0 Å². The summed E-state index contributed by atoms with van der Waals surface area (Å²) in [6.07, 6.45) is 4.54. The number of hydrogen-bond donors (Lipinski definition) is 2. The SMILES string of the molecule is NC(=O)C(Cc1ccccc1)NC(=O)c1cnccn1. The Balaban J connectivity index is 2.07. The zero-order chi connectivity index (χ0) is 14.4. The summed E-state index contributed by atoms with van der Waals surface area (Å²) in [4.78, 5) is 31.0. The molecule has 0 aliphatic rings. The summed E-state index contributed by atoms with van der Waals surface area (Å²) in [5, 5.41) is 2.57. The van der Waals surface area contributed by atoms with E-state index in [0.29, 0.717) is 6.42 Å². The first kappa shape index (κ1) is 13.7. The van der Waals surface area contributed by atoms with Crippen LogP contribution in [0.15, 0.2) is 48.9 Å². The molecular formula is C14H14N4O2. The Morgan fingerprint density at radius 1 is 1.20 bits per heavy atom. The molecule has 1 heterocycles. The molecule has 102 valence electrons. The summed E-state index contributed by atoms with van der Waals surface area (Å²) in [5.41, 5.74) is 6.38. The van der Waals surface area contributed by atoms with Crippen molar-refractivity contribution in [2.75, 3.05) is 0 Å². The minimum Gasteiger partial charge on any atom is -0.368 e. The van der Waals surface area contributed by atoms with Crippen LogP contribution >= 0.6 is 0 Å². The lowest BCUT2D eigenvalue weighted by molar-refractivity contribution is -0.119. The Morgan fingerprint density at radius 2 is 1.95 bits per heavy atom. The van der Waals surface area contributed by atoms with Crippen molar-refractivity contribution in [2.24, 2.45) is 5.73 Å². The Labute approximate surface area is 116 Å². The lowest BCUT2D eigenvalue weighted by Crippen LogP contribution is -2.46. The van der Waals surface area contributed by atoms with Gasteiger partial charge in [0, 0.05) is 18.8 Å². The van der Waals surface area contributed by atoms with E-state index in [4.69, 9.17) is 5.73 Å². The molecule has 2 aromatic rings. The first-order valence-corrected chi connectivity index (χ1v) is 6.07. The summed E-state index contributed by atoms with van der Waals surface area (Å²) in [5.74, 6) is -1.07. The summed E-state index contributed by atoms with van der Waals surface area (Å²) in [7, 11) is 0. The summed E-state index contributed by atoms with van der Waals surface area (Å²) < 4.78 is 0. The van der Waals surface area contributed by atoms with Crippen molar-refractivity contribution in [2.45, 2.75) is 12.5 Å². The van der Waals surface area contributed by atoms with E-state index in [9.17, 15) is 9.59 Å². The van der Waals surface area contributed by atoms with Gasteiger partial charge in [0.05, 0.1) is 6.20 Å². The number of nitrogens with two attached hydrogens (primary N) is 1. The van der Waals surface area contributed by atoms with Gasteiger partial charge in [-0.15, -0.1) is 0 Å². The second kappa shape index (κ2) is 6.42. The van der Waals surface area contributed by atoms with Gasteiger partial charge in [-0.3, -0.25) is 14.6 Å². The quantitative estimate of drug-likeness (QED) is 0.816. The molecule has 0 saturated heterocycles. The number of aromatic nitrogens is 2. The maximum absolute atomic E-state index is 11.9. The minimum absolute atomic E-state index is 0.145. The topological polar surface area (TPSA) is 98.0 Å². The highest BCUT2D eigenvalue weighted by Crippen LogP contribution is 2.04. The zero-order valence-corrected chi connectivity index (χ0v) is 10.7. The molecule has 2 amide bonds. The van der Waals surface area contributed by atoms with Gasteiger partial charge in [-0.1, -0.05) is 30.3 Å².